The summed E-state index contributed by atoms with van der Waals surface area (Å²) in [7, 11) is 0. The fourth-order valence-corrected chi connectivity index (χ4v) is 3.00. The van der Waals surface area contributed by atoms with Gasteiger partial charge >= 0.3 is 0 Å². The normalized spacial score (nSPS) is 11.2. The van der Waals surface area contributed by atoms with Gasteiger partial charge in [-0.2, -0.15) is 0 Å². The van der Waals surface area contributed by atoms with Crippen molar-refractivity contribution in [1.82, 2.24) is 15.0 Å². The number of rotatable bonds is 2. The molecule has 2 heterocycles. The minimum absolute atomic E-state index is 0.228. The van der Waals surface area contributed by atoms with Crippen LogP contribution >= 0.6 is 0 Å². The van der Waals surface area contributed by atoms with Gasteiger partial charge in [-0.15, -0.1) is 0 Å². The first kappa shape index (κ1) is 13.6. The highest BCUT2D eigenvalue weighted by Gasteiger charge is 2.13. The molecule has 1 N–H and O–H groups in total. The Balaban J connectivity index is 2.05. The van der Waals surface area contributed by atoms with Crippen molar-refractivity contribution in [3.63, 3.8) is 0 Å². The van der Waals surface area contributed by atoms with Crippen LogP contribution in [0.15, 0.2) is 55.1 Å². The fraction of sp³-hybridized carbons (Fsp3) is 0.105. The summed E-state index contributed by atoms with van der Waals surface area (Å²) in [6.07, 6.45) is 5.94. The lowest BCUT2D eigenvalue weighted by molar-refractivity contribution is 0.478. The second-order valence-electron chi connectivity index (χ2n) is 5.48. The Bertz CT molecular complexity index is 1030. The Hall–Kier alpha value is -3.01. The monoisotopic (exact) mass is 301 g/mol. The van der Waals surface area contributed by atoms with E-state index in [0.717, 1.165) is 33.7 Å². The lowest BCUT2D eigenvalue weighted by Crippen LogP contribution is -1.91. The Labute approximate surface area is 133 Å². The van der Waals surface area contributed by atoms with Gasteiger partial charge < -0.3 is 5.11 Å². The zero-order chi connectivity index (χ0) is 15.8. The van der Waals surface area contributed by atoms with Crippen LogP contribution in [0, 0.1) is 0 Å². The van der Waals surface area contributed by atoms with Crippen molar-refractivity contribution in [1.29, 1.82) is 0 Å². The van der Waals surface area contributed by atoms with Gasteiger partial charge in [-0.25, -0.2) is 9.97 Å². The fourth-order valence-electron chi connectivity index (χ4n) is 3.00. The highest BCUT2D eigenvalue weighted by molar-refractivity contribution is 6.01. The van der Waals surface area contributed by atoms with Gasteiger partial charge in [0.2, 0.25) is 0 Å². The number of aromatic hydroxyl groups is 1. The van der Waals surface area contributed by atoms with Gasteiger partial charge in [0.05, 0.1) is 11.2 Å². The first-order valence-corrected chi connectivity index (χ1v) is 7.57. The molecule has 2 aromatic heterocycles. The van der Waals surface area contributed by atoms with E-state index in [9.17, 15) is 5.11 Å². The molecule has 4 nitrogen and oxygen atoms in total. The van der Waals surface area contributed by atoms with Crippen LogP contribution in [-0.4, -0.2) is 20.1 Å². The molecule has 0 saturated heterocycles. The van der Waals surface area contributed by atoms with Crippen LogP contribution in [0.3, 0.4) is 0 Å². The van der Waals surface area contributed by atoms with Gasteiger partial charge in [0.15, 0.2) is 0 Å². The molecule has 0 aliphatic heterocycles. The summed E-state index contributed by atoms with van der Waals surface area (Å²) >= 11 is 0. The predicted molar refractivity (Wildman–Crippen MR) is 91.3 cm³/mol. The number of hydrogen-bond donors (Lipinski definition) is 1. The van der Waals surface area contributed by atoms with Crippen molar-refractivity contribution in [2.45, 2.75) is 13.3 Å². The summed E-state index contributed by atoms with van der Waals surface area (Å²) in [6, 6.07) is 11.8. The van der Waals surface area contributed by atoms with E-state index in [-0.39, 0.29) is 5.75 Å². The molecule has 4 rings (SSSR count). The minimum Gasteiger partial charge on any atom is -0.507 e. The largest absolute Gasteiger partial charge is 0.507 e. The molecule has 0 amide bonds. The second kappa shape index (κ2) is 5.32. The van der Waals surface area contributed by atoms with Crippen molar-refractivity contribution in [2.24, 2.45) is 0 Å². The quantitative estimate of drug-likeness (QED) is 0.605. The van der Waals surface area contributed by atoms with Crippen LogP contribution in [0.5, 0.6) is 5.75 Å². The molecule has 0 spiro atoms. The standard InChI is InChI=1S/C19H15N3O/c1-2-12-4-3-5-15-14(12)6-7-18(23)19(15)17-8-16-13(10-21-17)9-20-11-22-16/h3-11,23H,2H2,1H3. The first-order valence-electron chi connectivity index (χ1n) is 7.57. The summed E-state index contributed by atoms with van der Waals surface area (Å²) in [4.78, 5) is 12.8. The number of aromatic nitrogens is 3. The van der Waals surface area contributed by atoms with Crippen molar-refractivity contribution in [2.75, 3.05) is 0 Å². The number of fused-ring (bicyclic) bond motifs is 2. The third kappa shape index (κ3) is 2.19. The van der Waals surface area contributed by atoms with E-state index in [1.54, 1.807) is 18.5 Å². The SMILES string of the molecule is CCc1cccc2c(-c3cc4ncncc4cn3)c(O)ccc12. The number of aryl methyl sites for hydroxylation is 1. The van der Waals surface area contributed by atoms with Crippen LogP contribution in [0.25, 0.3) is 32.9 Å². The maximum atomic E-state index is 10.4. The molecule has 0 saturated carbocycles. The van der Waals surface area contributed by atoms with E-state index >= 15 is 0 Å². The van der Waals surface area contributed by atoms with Crippen molar-refractivity contribution >= 4 is 21.7 Å². The molecule has 0 fully saturated rings. The van der Waals surface area contributed by atoms with Gasteiger partial charge in [-0.3, -0.25) is 4.98 Å². The summed E-state index contributed by atoms with van der Waals surface area (Å²) in [5, 5.41) is 13.5. The van der Waals surface area contributed by atoms with Crippen molar-refractivity contribution in [3.8, 4) is 17.0 Å². The number of pyridine rings is 1. The van der Waals surface area contributed by atoms with E-state index < -0.39 is 0 Å². The second-order valence-corrected chi connectivity index (χ2v) is 5.48. The van der Waals surface area contributed by atoms with Crippen LogP contribution in [-0.2, 0) is 6.42 Å². The molecule has 0 unspecified atom stereocenters. The Morgan fingerprint density at radius 1 is 1.00 bits per heavy atom. The predicted octanol–water partition coefficient (Wildman–Crippen LogP) is 4.11. The zero-order valence-electron chi connectivity index (χ0n) is 12.7. The van der Waals surface area contributed by atoms with Gasteiger partial charge in [0, 0.05) is 23.3 Å². The van der Waals surface area contributed by atoms with Crippen LogP contribution < -0.4 is 0 Å². The highest BCUT2D eigenvalue weighted by Crippen LogP contribution is 2.37. The van der Waals surface area contributed by atoms with E-state index in [0.29, 0.717) is 5.69 Å². The number of phenols is 1. The lowest BCUT2D eigenvalue weighted by atomic mass is 9.96. The molecule has 0 bridgehead atoms. The van der Waals surface area contributed by atoms with E-state index in [1.165, 1.54) is 11.9 Å². The van der Waals surface area contributed by atoms with Crippen LogP contribution in [0.1, 0.15) is 12.5 Å². The van der Waals surface area contributed by atoms with E-state index in [4.69, 9.17) is 0 Å². The van der Waals surface area contributed by atoms with E-state index in [2.05, 4.69) is 27.9 Å². The third-order valence-corrected chi connectivity index (χ3v) is 4.16. The minimum atomic E-state index is 0.228. The van der Waals surface area contributed by atoms with Gasteiger partial charge in [-0.1, -0.05) is 31.2 Å². The molecule has 112 valence electrons. The van der Waals surface area contributed by atoms with Gasteiger partial charge in [0.1, 0.15) is 12.1 Å². The maximum Gasteiger partial charge on any atom is 0.125 e. The summed E-state index contributed by atoms with van der Waals surface area (Å²) in [5.41, 5.74) is 3.53. The molecule has 23 heavy (non-hydrogen) atoms. The molecular weight excluding hydrogens is 286 g/mol. The topological polar surface area (TPSA) is 58.9 Å². The van der Waals surface area contributed by atoms with Crippen molar-refractivity contribution in [3.05, 3.63) is 60.7 Å². The Morgan fingerprint density at radius 2 is 1.91 bits per heavy atom. The van der Waals surface area contributed by atoms with Crippen LogP contribution in [0.4, 0.5) is 0 Å². The number of benzene rings is 2. The number of phenolic OH excluding ortho intramolecular Hbond substituents is 1. The van der Waals surface area contributed by atoms with Gasteiger partial charge in [0.25, 0.3) is 0 Å². The molecule has 4 heteroatoms. The highest BCUT2D eigenvalue weighted by atomic mass is 16.3. The van der Waals surface area contributed by atoms with Crippen LogP contribution in [0.2, 0.25) is 0 Å². The van der Waals surface area contributed by atoms with Gasteiger partial charge in [-0.05, 0) is 34.9 Å². The van der Waals surface area contributed by atoms with Crippen molar-refractivity contribution < 1.29 is 5.11 Å². The number of hydrogen-bond acceptors (Lipinski definition) is 4. The molecule has 2 aromatic carbocycles. The molecule has 0 aliphatic rings. The lowest BCUT2D eigenvalue weighted by Gasteiger charge is -2.11. The molecule has 0 atom stereocenters. The molecule has 0 aliphatic carbocycles. The summed E-state index contributed by atoms with van der Waals surface area (Å²) in [6.45, 7) is 2.13. The average molecular weight is 301 g/mol. The Kier molecular flexibility index (Phi) is 3.15. The van der Waals surface area contributed by atoms with E-state index in [1.807, 2.05) is 24.3 Å². The maximum absolute atomic E-state index is 10.4. The Morgan fingerprint density at radius 3 is 2.78 bits per heavy atom. The third-order valence-electron chi connectivity index (χ3n) is 4.16. The smallest absolute Gasteiger partial charge is 0.125 e. The molecule has 4 aromatic rings. The molecular formula is C19H15N3O. The molecule has 0 radical (unpaired) electrons. The zero-order valence-corrected chi connectivity index (χ0v) is 12.7. The average Bonchev–Trinajstić information content (AvgIpc) is 2.60. The number of nitrogens with zero attached hydrogens (tertiary/aromatic N) is 3. The summed E-state index contributed by atoms with van der Waals surface area (Å²) < 4.78 is 0. The summed E-state index contributed by atoms with van der Waals surface area (Å²) in [5.74, 6) is 0.228. The first-order chi connectivity index (χ1) is 11.3.